The van der Waals surface area contributed by atoms with Gasteiger partial charge in [-0.1, -0.05) is 60.0 Å². The highest BCUT2D eigenvalue weighted by molar-refractivity contribution is 5.33. The minimum Gasteiger partial charge on any atom is -0.393 e. The molecule has 0 radical (unpaired) electrons. The highest BCUT2D eigenvalue weighted by Crippen LogP contribution is 2.72. The molecule has 1 N–H and O–H groups in total. The number of aliphatic hydroxyl groups excluding tert-OH is 1. The Kier molecular flexibility index (Phi) is 5.05. The quantitative estimate of drug-likeness (QED) is 0.413. The van der Waals surface area contributed by atoms with Crippen molar-refractivity contribution in [1.29, 1.82) is 0 Å². The first-order valence-electron chi connectivity index (χ1n) is 12.9. The van der Waals surface area contributed by atoms with Crippen LogP contribution in [0.2, 0.25) is 0 Å². The smallest absolute Gasteiger partial charge is 0.130 e. The van der Waals surface area contributed by atoms with Gasteiger partial charge in [-0.05, 0) is 67.8 Å². The average molecular weight is 417 g/mol. The van der Waals surface area contributed by atoms with Gasteiger partial charge in [0, 0.05) is 23.7 Å². The first kappa shape index (κ1) is 21.5. The van der Waals surface area contributed by atoms with Crippen LogP contribution in [0.4, 0.5) is 0 Å². The third-order valence-electron chi connectivity index (χ3n) is 10.8. The van der Waals surface area contributed by atoms with Crippen molar-refractivity contribution < 1.29 is 14.9 Å². The maximum absolute atomic E-state index is 10.4. The molecule has 170 valence electrons. The van der Waals surface area contributed by atoms with E-state index in [-0.39, 0.29) is 17.1 Å². The summed E-state index contributed by atoms with van der Waals surface area (Å²) < 4.78 is 0. The second-order valence-corrected chi connectivity index (χ2v) is 12.7. The molecule has 30 heavy (non-hydrogen) atoms. The lowest BCUT2D eigenvalue weighted by Crippen LogP contribution is -2.73. The number of aliphatic hydroxyl groups is 1. The van der Waals surface area contributed by atoms with Crippen molar-refractivity contribution in [3.8, 4) is 0 Å². The third-order valence-corrected chi connectivity index (χ3v) is 10.8. The highest BCUT2D eigenvalue weighted by atomic mass is 17.2. The Hall–Kier alpha value is -0.380. The lowest BCUT2D eigenvalue weighted by atomic mass is 9.42. The molecule has 1 saturated heterocycles. The Labute approximate surface area is 183 Å². The van der Waals surface area contributed by atoms with Crippen LogP contribution in [0.15, 0.2) is 12.2 Å². The van der Waals surface area contributed by atoms with E-state index in [2.05, 4.69) is 46.8 Å². The molecule has 3 saturated carbocycles. The summed E-state index contributed by atoms with van der Waals surface area (Å²) in [6.45, 7) is 12.2. The summed E-state index contributed by atoms with van der Waals surface area (Å²) in [6.07, 6.45) is 16.4. The Bertz CT molecular complexity index is 702. The van der Waals surface area contributed by atoms with E-state index in [0.29, 0.717) is 23.7 Å². The third kappa shape index (κ3) is 2.73. The van der Waals surface area contributed by atoms with Gasteiger partial charge in [0.15, 0.2) is 0 Å². The molecule has 6 rings (SSSR count). The van der Waals surface area contributed by atoms with Gasteiger partial charge in [0.1, 0.15) is 11.2 Å². The monoisotopic (exact) mass is 416 g/mol. The van der Waals surface area contributed by atoms with Crippen LogP contribution in [0.1, 0.15) is 98.8 Å². The zero-order valence-electron chi connectivity index (χ0n) is 20.0. The van der Waals surface area contributed by atoms with Gasteiger partial charge in [0.25, 0.3) is 0 Å². The summed E-state index contributed by atoms with van der Waals surface area (Å²) in [5.41, 5.74) is -0.240. The molecular formula is C27H44O3. The van der Waals surface area contributed by atoms with Crippen LogP contribution in [0, 0.1) is 40.4 Å². The van der Waals surface area contributed by atoms with Gasteiger partial charge in [0.2, 0.25) is 0 Å². The summed E-state index contributed by atoms with van der Waals surface area (Å²) in [7, 11) is 0. The predicted octanol–water partition coefficient (Wildman–Crippen LogP) is 6.45. The largest absolute Gasteiger partial charge is 0.393 e. The van der Waals surface area contributed by atoms with Gasteiger partial charge in [-0.25, -0.2) is 9.78 Å². The van der Waals surface area contributed by atoms with Crippen LogP contribution in [0.3, 0.4) is 0 Å². The highest BCUT2D eigenvalue weighted by Gasteiger charge is 2.74. The van der Waals surface area contributed by atoms with Crippen molar-refractivity contribution >= 4 is 0 Å². The Morgan fingerprint density at radius 1 is 0.933 bits per heavy atom. The van der Waals surface area contributed by atoms with Gasteiger partial charge >= 0.3 is 0 Å². The van der Waals surface area contributed by atoms with Crippen molar-refractivity contribution in [3.63, 3.8) is 0 Å². The molecule has 4 fully saturated rings. The molecule has 2 aliphatic heterocycles. The molecular weight excluding hydrogens is 372 g/mol. The number of rotatable bonds is 5. The van der Waals surface area contributed by atoms with Crippen LogP contribution < -0.4 is 0 Å². The summed E-state index contributed by atoms with van der Waals surface area (Å²) in [5, 5.41) is 10.4. The molecule has 0 amide bonds. The molecule has 0 aromatic heterocycles. The lowest BCUT2D eigenvalue weighted by Gasteiger charge is -2.69. The molecule has 6 aliphatic rings. The van der Waals surface area contributed by atoms with E-state index in [1.807, 2.05) is 0 Å². The maximum Gasteiger partial charge on any atom is 0.130 e. The summed E-state index contributed by atoms with van der Waals surface area (Å²) in [5.74, 6) is 3.48. The predicted molar refractivity (Wildman–Crippen MR) is 120 cm³/mol. The molecule has 9 atom stereocenters. The van der Waals surface area contributed by atoms with Gasteiger partial charge < -0.3 is 5.11 Å². The Morgan fingerprint density at radius 3 is 2.43 bits per heavy atom. The van der Waals surface area contributed by atoms with Gasteiger partial charge in [-0.3, -0.25) is 0 Å². The van der Waals surface area contributed by atoms with Crippen molar-refractivity contribution in [1.82, 2.24) is 0 Å². The minimum absolute atomic E-state index is 0.0848. The zero-order valence-corrected chi connectivity index (χ0v) is 20.0. The topological polar surface area (TPSA) is 38.7 Å². The van der Waals surface area contributed by atoms with Crippen LogP contribution in [-0.4, -0.2) is 22.4 Å². The van der Waals surface area contributed by atoms with Crippen molar-refractivity contribution in [2.24, 2.45) is 40.4 Å². The zero-order chi connectivity index (χ0) is 21.4. The fourth-order valence-electron chi connectivity index (χ4n) is 9.12. The minimum atomic E-state index is -0.424. The van der Waals surface area contributed by atoms with E-state index in [9.17, 15) is 5.11 Å². The van der Waals surface area contributed by atoms with Crippen LogP contribution in [0.5, 0.6) is 0 Å². The Morgan fingerprint density at radius 2 is 1.73 bits per heavy atom. The number of fused-ring (bicyclic) bond motifs is 2. The molecule has 2 bridgehead atoms. The first-order chi connectivity index (χ1) is 14.2. The van der Waals surface area contributed by atoms with Gasteiger partial charge in [-0.2, -0.15) is 0 Å². The van der Waals surface area contributed by atoms with Crippen molar-refractivity contribution in [3.05, 3.63) is 12.2 Å². The van der Waals surface area contributed by atoms with Crippen molar-refractivity contribution in [2.45, 2.75) is 116 Å². The van der Waals surface area contributed by atoms with Crippen LogP contribution in [0.25, 0.3) is 0 Å². The Balaban J connectivity index is 1.42. The molecule has 3 nitrogen and oxygen atoms in total. The maximum atomic E-state index is 10.4. The summed E-state index contributed by atoms with van der Waals surface area (Å²) in [6, 6.07) is 0. The van der Waals surface area contributed by atoms with E-state index in [4.69, 9.17) is 9.78 Å². The summed E-state index contributed by atoms with van der Waals surface area (Å²) in [4.78, 5) is 12.8. The van der Waals surface area contributed by atoms with Gasteiger partial charge in [0.05, 0.1) is 6.10 Å². The molecule has 2 unspecified atom stereocenters. The SMILES string of the molecule is CC(C)CCC[C@@H](C)[C@H]1CCC2[C@@]34C=C[C@]5(C[C@@H](O)CC[C@]5(C)C3CC[C@@]21C)OO4. The number of hydrogen-bond acceptors (Lipinski definition) is 3. The normalized spacial score (nSPS) is 52.8. The lowest BCUT2D eigenvalue weighted by molar-refractivity contribution is -0.497. The van der Waals surface area contributed by atoms with E-state index in [1.54, 1.807) is 0 Å². The van der Waals surface area contributed by atoms with E-state index >= 15 is 0 Å². The summed E-state index contributed by atoms with van der Waals surface area (Å²) >= 11 is 0. The molecule has 3 heteroatoms. The fourth-order valence-corrected chi connectivity index (χ4v) is 9.12. The van der Waals surface area contributed by atoms with Crippen LogP contribution in [-0.2, 0) is 9.78 Å². The van der Waals surface area contributed by atoms with E-state index in [0.717, 1.165) is 30.6 Å². The average Bonchev–Trinajstić information content (AvgIpc) is 3.05. The molecule has 2 spiro atoms. The number of hydrogen-bond donors (Lipinski definition) is 1. The van der Waals surface area contributed by atoms with Gasteiger partial charge in [-0.15, -0.1) is 0 Å². The second kappa shape index (κ2) is 7.06. The molecule has 0 aromatic rings. The van der Waals surface area contributed by atoms with Crippen molar-refractivity contribution in [2.75, 3.05) is 0 Å². The van der Waals surface area contributed by atoms with Crippen LogP contribution >= 0.6 is 0 Å². The first-order valence-corrected chi connectivity index (χ1v) is 12.9. The molecule has 2 heterocycles. The molecule has 0 aromatic carbocycles. The van der Waals surface area contributed by atoms with E-state index in [1.165, 1.54) is 44.9 Å². The molecule has 4 aliphatic carbocycles. The second-order valence-electron chi connectivity index (χ2n) is 12.7. The fraction of sp³-hybridized carbons (Fsp3) is 0.926. The van der Waals surface area contributed by atoms with E-state index < -0.39 is 5.60 Å². The standard InChI is InChI=1S/C27H44O3/c1-18(2)7-6-8-19(3)21-9-10-22-24(21,4)13-12-23-25(5)14-11-20(28)17-26(25)15-16-27(22,23)30-29-26/h15-16,18-23,28H,6-14,17H2,1-5H3/t19-,20+,21-,22?,23?,24-,25-,26-,27+/m1/s1.